The average molecular weight is 556 g/mol. The number of hydrogen-bond acceptors (Lipinski definition) is 1. The number of fused-ring (bicyclic) bond motifs is 3. The molecule has 7 rings (SSSR count). The van der Waals surface area contributed by atoms with Crippen molar-refractivity contribution in [3.05, 3.63) is 163 Å². The highest BCUT2D eigenvalue weighted by Gasteiger charge is 2.45. The second kappa shape index (κ2) is 10.4. The van der Waals surface area contributed by atoms with Crippen molar-refractivity contribution >= 4 is 17.1 Å². The van der Waals surface area contributed by atoms with E-state index in [4.69, 9.17) is 0 Å². The van der Waals surface area contributed by atoms with Gasteiger partial charge >= 0.3 is 0 Å². The molecule has 6 aromatic carbocycles. The second-order valence-electron chi connectivity index (χ2n) is 12.7. The van der Waals surface area contributed by atoms with E-state index < -0.39 is 0 Å². The highest BCUT2D eigenvalue weighted by Crippen LogP contribution is 2.54. The van der Waals surface area contributed by atoms with E-state index in [1.807, 2.05) is 0 Å². The van der Waals surface area contributed by atoms with Gasteiger partial charge in [0.2, 0.25) is 0 Å². The Hall–Kier alpha value is -4.88. The number of anilines is 3. The largest absolute Gasteiger partial charge is 0.310 e. The molecule has 0 heterocycles. The van der Waals surface area contributed by atoms with Crippen molar-refractivity contribution in [2.45, 2.75) is 38.5 Å². The fourth-order valence-corrected chi connectivity index (χ4v) is 6.73. The molecule has 0 radical (unpaired) electrons. The van der Waals surface area contributed by atoms with E-state index in [2.05, 4.69) is 184 Å². The van der Waals surface area contributed by atoms with Gasteiger partial charge in [-0.3, -0.25) is 0 Å². The fourth-order valence-electron chi connectivity index (χ4n) is 6.73. The van der Waals surface area contributed by atoms with Crippen LogP contribution in [0.4, 0.5) is 17.1 Å². The van der Waals surface area contributed by atoms with Crippen molar-refractivity contribution in [1.82, 2.24) is 0 Å². The van der Waals surface area contributed by atoms with E-state index >= 15 is 0 Å². The number of nitrogens with zero attached hydrogens (tertiary/aromatic N) is 1. The SMILES string of the molecule is CC1(C)c2ccccc2-c2cc(-c3cccc(N(c4ccccc4)c4cccc(-c5ccccc5)c4)c3)ccc2C1(C)C. The Morgan fingerprint density at radius 3 is 1.47 bits per heavy atom. The summed E-state index contributed by atoms with van der Waals surface area (Å²) in [7, 11) is 0. The molecule has 0 fully saturated rings. The zero-order valence-electron chi connectivity index (χ0n) is 25.4. The quantitative estimate of drug-likeness (QED) is 0.204. The summed E-state index contributed by atoms with van der Waals surface area (Å²) < 4.78 is 0. The topological polar surface area (TPSA) is 3.24 Å². The Balaban J connectivity index is 1.35. The van der Waals surface area contributed by atoms with Gasteiger partial charge in [-0.05, 0) is 97.8 Å². The maximum atomic E-state index is 2.41. The molecule has 0 bridgehead atoms. The lowest BCUT2D eigenvalue weighted by Crippen LogP contribution is -2.43. The third-order valence-electron chi connectivity index (χ3n) is 9.81. The minimum Gasteiger partial charge on any atom is -0.310 e. The zero-order chi connectivity index (χ0) is 29.6. The van der Waals surface area contributed by atoms with E-state index in [0.717, 1.165) is 17.1 Å². The summed E-state index contributed by atoms with van der Waals surface area (Å²) in [5.74, 6) is 0. The van der Waals surface area contributed by atoms with Crippen LogP contribution in [-0.2, 0) is 10.8 Å². The Morgan fingerprint density at radius 1 is 0.349 bits per heavy atom. The van der Waals surface area contributed by atoms with Crippen LogP contribution in [0.3, 0.4) is 0 Å². The number of hydrogen-bond donors (Lipinski definition) is 0. The fraction of sp³-hybridized carbons (Fsp3) is 0.143. The first kappa shape index (κ1) is 27.0. The van der Waals surface area contributed by atoms with Crippen molar-refractivity contribution in [1.29, 1.82) is 0 Å². The number of rotatable bonds is 5. The molecule has 1 aliphatic carbocycles. The summed E-state index contributed by atoms with van der Waals surface area (Å²) in [5.41, 5.74) is 13.8. The molecule has 0 saturated carbocycles. The summed E-state index contributed by atoms with van der Waals surface area (Å²) >= 11 is 0. The van der Waals surface area contributed by atoms with E-state index in [0.29, 0.717) is 0 Å². The first-order valence-electron chi connectivity index (χ1n) is 15.2. The molecule has 0 unspecified atom stereocenters. The van der Waals surface area contributed by atoms with Crippen LogP contribution in [0.25, 0.3) is 33.4 Å². The highest BCUT2D eigenvalue weighted by molar-refractivity contribution is 5.85. The van der Waals surface area contributed by atoms with Crippen LogP contribution < -0.4 is 4.90 Å². The molecule has 0 aliphatic heterocycles. The Labute approximate surface area is 256 Å². The van der Waals surface area contributed by atoms with Crippen LogP contribution in [-0.4, -0.2) is 0 Å². The maximum Gasteiger partial charge on any atom is 0.0467 e. The molecule has 0 atom stereocenters. The molecule has 1 heteroatoms. The van der Waals surface area contributed by atoms with E-state index in [1.54, 1.807) is 0 Å². The molecule has 6 aromatic rings. The molecule has 210 valence electrons. The lowest BCUT2D eigenvalue weighted by Gasteiger charge is -2.48. The summed E-state index contributed by atoms with van der Waals surface area (Å²) in [5, 5.41) is 0. The van der Waals surface area contributed by atoms with Gasteiger partial charge in [0.05, 0.1) is 0 Å². The average Bonchev–Trinajstić information content (AvgIpc) is 3.05. The van der Waals surface area contributed by atoms with Gasteiger partial charge in [0.15, 0.2) is 0 Å². The molecule has 1 nitrogen and oxygen atoms in total. The Bertz CT molecular complexity index is 1910. The predicted octanol–water partition coefficient (Wildman–Crippen LogP) is 11.7. The molecule has 43 heavy (non-hydrogen) atoms. The van der Waals surface area contributed by atoms with Gasteiger partial charge in [-0.1, -0.05) is 137 Å². The van der Waals surface area contributed by atoms with Crippen molar-refractivity contribution in [2.24, 2.45) is 0 Å². The predicted molar refractivity (Wildman–Crippen MR) is 183 cm³/mol. The smallest absolute Gasteiger partial charge is 0.0467 e. The van der Waals surface area contributed by atoms with Crippen LogP contribution in [0, 0.1) is 0 Å². The minimum absolute atomic E-state index is 0.00490. The van der Waals surface area contributed by atoms with Crippen LogP contribution in [0.15, 0.2) is 152 Å². The van der Waals surface area contributed by atoms with Crippen LogP contribution in [0.2, 0.25) is 0 Å². The van der Waals surface area contributed by atoms with E-state index in [1.165, 1.54) is 44.5 Å². The van der Waals surface area contributed by atoms with Gasteiger partial charge in [-0.2, -0.15) is 0 Å². The number of benzene rings is 6. The molecule has 0 aromatic heterocycles. The van der Waals surface area contributed by atoms with Gasteiger partial charge in [-0.15, -0.1) is 0 Å². The van der Waals surface area contributed by atoms with Gasteiger partial charge in [0.1, 0.15) is 0 Å². The zero-order valence-corrected chi connectivity index (χ0v) is 25.4. The van der Waals surface area contributed by atoms with Gasteiger partial charge in [0.25, 0.3) is 0 Å². The molecular formula is C42H37N. The van der Waals surface area contributed by atoms with E-state index in [-0.39, 0.29) is 10.8 Å². The van der Waals surface area contributed by atoms with Crippen molar-refractivity contribution in [2.75, 3.05) is 4.90 Å². The molecule has 0 N–H and O–H groups in total. The van der Waals surface area contributed by atoms with Gasteiger partial charge in [-0.25, -0.2) is 0 Å². The second-order valence-corrected chi connectivity index (χ2v) is 12.7. The third kappa shape index (κ3) is 4.57. The summed E-state index contributed by atoms with van der Waals surface area (Å²) in [6, 6.07) is 55.1. The summed E-state index contributed by atoms with van der Waals surface area (Å²) in [6.07, 6.45) is 0. The molecule has 0 spiro atoms. The monoisotopic (exact) mass is 555 g/mol. The molecule has 0 amide bonds. The standard InChI is InChI=1S/C42H37N/c1-41(2)39-24-12-11-23-37(39)38-29-33(25-26-40(38)42(41,3)4)32-18-14-22-36(28-32)43(34-19-9-6-10-20-34)35-21-13-17-31(27-35)30-15-7-5-8-16-30/h5-29H,1-4H3. The first-order chi connectivity index (χ1) is 20.8. The molecular weight excluding hydrogens is 518 g/mol. The van der Waals surface area contributed by atoms with Gasteiger partial charge in [0, 0.05) is 17.1 Å². The minimum atomic E-state index is 0.00490. The Morgan fingerprint density at radius 2 is 0.814 bits per heavy atom. The lowest BCUT2D eigenvalue weighted by atomic mass is 9.55. The van der Waals surface area contributed by atoms with Crippen molar-refractivity contribution < 1.29 is 0 Å². The summed E-state index contributed by atoms with van der Waals surface area (Å²) in [6.45, 7) is 9.56. The van der Waals surface area contributed by atoms with E-state index in [9.17, 15) is 0 Å². The molecule has 0 saturated heterocycles. The number of para-hydroxylation sites is 1. The maximum absolute atomic E-state index is 2.41. The van der Waals surface area contributed by atoms with Crippen molar-refractivity contribution in [3.8, 4) is 33.4 Å². The normalized spacial score (nSPS) is 14.4. The third-order valence-corrected chi connectivity index (χ3v) is 9.81. The van der Waals surface area contributed by atoms with Crippen LogP contribution in [0.1, 0.15) is 38.8 Å². The van der Waals surface area contributed by atoms with Crippen molar-refractivity contribution in [3.63, 3.8) is 0 Å². The Kier molecular flexibility index (Phi) is 6.55. The van der Waals surface area contributed by atoms with Crippen LogP contribution >= 0.6 is 0 Å². The highest BCUT2D eigenvalue weighted by atomic mass is 15.1. The van der Waals surface area contributed by atoms with Crippen LogP contribution in [0.5, 0.6) is 0 Å². The molecule has 1 aliphatic rings. The summed E-state index contributed by atoms with van der Waals surface area (Å²) in [4.78, 5) is 2.36. The van der Waals surface area contributed by atoms with Gasteiger partial charge < -0.3 is 4.90 Å². The lowest BCUT2D eigenvalue weighted by molar-refractivity contribution is 0.299. The first-order valence-corrected chi connectivity index (χ1v) is 15.2.